The van der Waals surface area contributed by atoms with E-state index in [9.17, 15) is 13.2 Å². The zero-order valence-electron chi connectivity index (χ0n) is 13.9. The number of carbonyl (C=O) groups excluding carboxylic acids is 1. The molecule has 0 aliphatic carbocycles. The Bertz CT molecular complexity index is 637. The van der Waals surface area contributed by atoms with Crippen LogP contribution >= 0.6 is 0 Å². The number of hydrogen-bond acceptors (Lipinski definition) is 3. The highest BCUT2D eigenvalue weighted by Crippen LogP contribution is 2.27. The maximum Gasteiger partial charge on any atom is 0.235 e. The first-order valence-corrected chi connectivity index (χ1v) is 10.00. The summed E-state index contributed by atoms with van der Waals surface area (Å²) in [4.78, 5) is 12.4. The van der Waals surface area contributed by atoms with Gasteiger partial charge in [-0.25, -0.2) is 8.42 Å². The first-order valence-electron chi connectivity index (χ1n) is 8.39. The van der Waals surface area contributed by atoms with Crippen LogP contribution in [-0.4, -0.2) is 26.6 Å². The van der Waals surface area contributed by atoms with Gasteiger partial charge in [0.25, 0.3) is 0 Å². The zero-order chi connectivity index (χ0) is 16.9. The SMILES string of the molecule is CCCC(CCC)C(=O)Nc1cccc(N2CCCS2(=O)=O)c1. The van der Waals surface area contributed by atoms with Gasteiger partial charge in [0, 0.05) is 18.2 Å². The van der Waals surface area contributed by atoms with Crippen LogP contribution in [0.15, 0.2) is 24.3 Å². The van der Waals surface area contributed by atoms with Gasteiger partial charge in [0.1, 0.15) is 0 Å². The molecule has 0 spiro atoms. The van der Waals surface area contributed by atoms with Crippen molar-refractivity contribution >= 4 is 27.3 Å². The summed E-state index contributed by atoms with van der Waals surface area (Å²) in [6.45, 7) is 4.66. The van der Waals surface area contributed by atoms with Gasteiger partial charge in [-0.15, -0.1) is 0 Å². The number of sulfonamides is 1. The normalized spacial score (nSPS) is 16.7. The molecule has 23 heavy (non-hydrogen) atoms. The molecule has 1 aromatic carbocycles. The van der Waals surface area contributed by atoms with Gasteiger partial charge in [0.2, 0.25) is 15.9 Å². The molecule has 1 amide bonds. The summed E-state index contributed by atoms with van der Waals surface area (Å²) in [6.07, 6.45) is 4.35. The van der Waals surface area contributed by atoms with Crippen LogP contribution < -0.4 is 9.62 Å². The van der Waals surface area contributed by atoms with Crippen LogP contribution in [-0.2, 0) is 14.8 Å². The van der Waals surface area contributed by atoms with Crippen LogP contribution in [0.2, 0.25) is 0 Å². The molecule has 1 aromatic rings. The fraction of sp³-hybridized carbons (Fsp3) is 0.588. The first kappa shape index (κ1) is 17.8. The van der Waals surface area contributed by atoms with Crippen molar-refractivity contribution in [1.29, 1.82) is 0 Å². The summed E-state index contributed by atoms with van der Waals surface area (Å²) in [7, 11) is -3.20. The third kappa shape index (κ3) is 4.47. The molecule has 0 bridgehead atoms. The molecule has 0 aromatic heterocycles. The molecule has 5 nitrogen and oxygen atoms in total. The number of rotatable bonds is 7. The molecule has 1 saturated heterocycles. The second-order valence-corrected chi connectivity index (χ2v) is 8.07. The van der Waals surface area contributed by atoms with Crippen molar-refractivity contribution in [3.05, 3.63) is 24.3 Å². The minimum absolute atomic E-state index is 0.0178. The van der Waals surface area contributed by atoms with Crippen LogP contribution in [0.5, 0.6) is 0 Å². The molecular formula is C17H26N2O3S. The minimum Gasteiger partial charge on any atom is -0.326 e. The number of nitrogens with one attached hydrogen (secondary N) is 1. The van der Waals surface area contributed by atoms with Crippen LogP contribution in [0.1, 0.15) is 46.0 Å². The average molecular weight is 338 g/mol. The Morgan fingerprint density at radius 1 is 1.26 bits per heavy atom. The van der Waals surface area contributed by atoms with Crippen molar-refractivity contribution in [2.75, 3.05) is 21.9 Å². The number of benzene rings is 1. The number of hydrogen-bond donors (Lipinski definition) is 1. The molecule has 0 radical (unpaired) electrons. The third-order valence-corrected chi connectivity index (χ3v) is 6.02. The topological polar surface area (TPSA) is 66.5 Å². The highest BCUT2D eigenvalue weighted by Gasteiger charge is 2.28. The lowest BCUT2D eigenvalue weighted by Gasteiger charge is -2.19. The van der Waals surface area contributed by atoms with Gasteiger partial charge in [-0.3, -0.25) is 9.10 Å². The standard InChI is InChI=1S/C17H26N2O3S/c1-3-7-14(8-4-2)17(20)18-15-9-5-10-16(13-15)19-11-6-12-23(19,21)22/h5,9-10,13-14H,3-4,6-8,11-12H2,1-2H3,(H,18,20). The molecule has 6 heteroatoms. The molecule has 1 N–H and O–H groups in total. The Kier molecular flexibility index (Phi) is 6.04. The van der Waals surface area contributed by atoms with Crippen molar-refractivity contribution in [2.45, 2.75) is 46.0 Å². The largest absolute Gasteiger partial charge is 0.326 e. The van der Waals surface area contributed by atoms with E-state index in [-0.39, 0.29) is 17.6 Å². The third-order valence-electron chi connectivity index (χ3n) is 4.15. The quantitative estimate of drug-likeness (QED) is 0.829. The summed E-state index contributed by atoms with van der Waals surface area (Å²) in [5, 5.41) is 2.94. The number of carbonyl (C=O) groups is 1. The van der Waals surface area contributed by atoms with Gasteiger partial charge in [0.15, 0.2) is 0 Å². The number of amides is 1. The molecule has 0 atom stereocenters. The van der Waals surface area contributed by atoms with Crippen LogP contribution in [0.4, 0.5) is 11.4 Å². The van der Waals surface area contributed by atoms with Crippen molar-refractivity contribution in [2.24, 2.45) is 5.92 Å². The van der Waals surface area contributed by atoms with Crippen LogP contribution in [0.25, 0.3) is 0 Å². The monoisotopic (exact) mass is 338 g/mol. The van der Waals surface area contributed by atoms with E-state index in [4.69, 9.17) is 0 Å². The van der Waals surface area contributed by atoms with E-state index in [0.29, 0.717) is 24.3 Å². The lowest BCUT2D eigenvalue weighted by Crippen LogP contribution is -2.26. The van der Waals surface area contributed by atoms with Gasteiger partial charge in [-0.2, -0.15) is 0 Å². The van der Waals surface area contributed by atoms with E-state index < -0.39 is 10.0 Å². The lowest BCUT2D eigenvalue weighted by molar-refractivity contribution is -0.120. The van der Waals surface area contributed by atoms with E-state index in [0.717, 1.165) is 25.7 Å². The Labute approximate surface area is 139 Å². The predicted molar refractivity (Wildman–Crippen MR) is 94.1 cm³/mol. The van der Waals surface area contributed by atoms with Crippen molar-refractivity contribution in [3.8, 4) is 0 Å². The fourth-order valence-electron chi connectivity index (χ4n) is 3.02. The minimum atomic E-state index is -3.20. The Morgan fingerprint density at radius 3 is 2.52 bits per heavy atom. The Morgan fingerprint density at radius 2 is 1.96 bits per heavy atom. The average Bonchev–Trinajstić information content (AvgIpc) is 2.86. The smallest absolute Gasteiger partial charge is 0.235 e. The maximum absolute atomic E-state index is 12.4. The van der Waals surface area contributed by atoms with Gasteiger partial charge in [-0.1, -0.05) is 32.8 Å². The highest BCUT2D eigenvalue weighted by atomic mass is 32.2. The van der Waals surface area contributed by atoms with E-state index in [1.807, 2.05) is 0 Å². The second-order valence-electron chi connectivity index (χ2n) is 6.06. The van der Waals surface area contributed by atoms with Crippen LogP contribution in [0, 0.1) is 5.92 Å². The predicted octanol–water partition coefficient (Wildman–Crippen LogP) is 3.38. The summed E-state index contributed by atoms with van der Waals surface area (Å²) >= 11 is 0. The van der Waals surface area contributed by atoms with Gasteiger partial charge in [0.05, 0.1) is 11.4 Å². The molecule has 1 fully saturated rings. The number of anilines is 2. The lowest BCUT2D eigenvalue weighted by atomic mass is 9.97. The molecule has 1 heterocycles. The van der Waals surface area contributed by atoms with E-state index in [2.05, 4.69) is 19.2 Å². The van der Waals surface area contributed by atoms with E-state index >= 15 is 0 Å². The first-order chi connectivity index (χ1) is 11.0. The zero-order valence-corrected chi connectivity index (χ0v) is 14.7. The Balaban J connectivity index is 2.12. The summed E-state index contributed by atoms with van der Waals surface area (Å²) in [6, 6.07) is 7.11. The maximum atomic E-state index is 12.4. The van der Waals surface area contributed by atoms with E-state index in [1.54, 1.807) is 24.3 Å². The summed E-state index contributed by atoms with van der Waals surface area (Å²) < 4.78 is 25.5. The second kappa shape index (κ2) is 7.81. The van der Waals surface area contributed by atoms with Crippen molar-refractivity contribution in [1.82, 2.24) is 0 Å². The van der Waals surface area contributed by atoms with Crippen molar-refractivity contribution in [3.63, 3.8) is 0 Å². The molecule has 1 aliphatic heterocycles. The van der Waals surface area contributed by atoms with E-state index in [1.165, 1.54) is 4.31 Å². The number of nitrogens with zero attached hydrogens (tertiary/aromatic N) is 1. The highest BCUT2D eigenvalue weighted by molar-refractivity contribution is 7.93. The fourth-order valence-corrected chi connectivity index (χ4v) is 4.57. The summed E-state index contributed by atoms with van der Waals surface area (Å²) in [5.41, 5.74) is 1.29. The van der Waals surface area contributed by atoms with Crippen molar-refractivity contribution < 1.29 is 13.2 Å². The van der Waals surface area contributed by atoms with Gasteiger partial charge in [-0.05, 0) is 37.5 Å². The Hall–Kier alpha value is -1.56. The van der Waals surface area contributed by atoms with Gasteiger partial charge < -0.3 is 5.32 Å². The van der Waals surface area contributed by atoms with Gasteiger partial charge >= 0.3 is 0 Å². The molecule has 0 unspecified atom stereocenters. The molecule has 128 valence electrons. The molecule has 2 rings (SSSR count). The summed E-state index contributed by atoms with van der Waals surface area (Å²) in [5.74, 6) is 0.234. The van der Waals surface area contributed by atoms with Crippen LogP contribution in [0.3, 0.4) is 0 Å². The molecular weight excluding hydrogens is 312 g/mol. The molecule has 1 aliphatic rings. The molecule has 0 saturated carbocycles.